The highest BCUT2D eigenvalue weighted by Gasteiger charge is 2.36. The van der Waals surface area contributed by atoms with Crippen LogP contribution in [0.4, 0.5) is 11.6 Å². The number of ether oxygens (including phenoxy) is 2. The van der Waals surface area contributed by atoms with E-state index in [1.807, 2.05) is 48.5 Å². The van der Waals surface area contributed by atoms with E-state index in [0.717, 1.165) is 80.3 Å². The minimum absolute atomic E-state index is 0. The van der Waals surface area contributed by atoms with Gasteiger partial charge in [0.05, 0.1) is 55.2 Å². The van der Waals surface area contributed by atoms with E-state index in [-0.39, 0.29) is 115 Å². The van der Waals surface area contributed by atoms with Crippen molar-refractivity contribution in [1.82, 2.24) is 25.1 Å². The van der Waals surface area contributed by atoms with Crippen LogP contribution in [0.25, 0.3) is 0 Å². The highest BCUT2D eigenvalue weighted by molar-refractivity contribution is 7.91. The molecule has 3 fully saturated rings. The van der Waals surface area contributed by atoms with E-state index in [4.69, 9.17) is 32.5 Å². The number of likely N-dealkylation sites (tertiary alicyclic amines) is 1. The molecule has 21 heteroatoms. The van der Waals surface area contributed by atoms with Crippen LogP contribution in [0.5, 0.6) is 11.5 Å². The first-order valence-corrected chi connectivity index (χ1v) is 24.2. The summed E-state index contributed by atoms with van der Waals surface area (Å²) < 4.78 is 59.1. The predicted octanol–water partition coefficient (Wildman–Crippen LogP) is -1.46. The number of aromatic nitrogens is 2. The lowest BCUT2D eigenvalue weighted by Crippen LogP contribution is -3.00. The molecule has 0 spiro atoms. The number of nitrogens with zero attached hydrogens (tertiary/aromatic N) is 5. The third kappa shape index (κ3) is 13.8. The summed E-state index contributed by atoms with van der Waals surface area (Å²) in [4.78, 5) is 49.6. The van der Waals surface area contributed by atoms with Gasteiger partial charge in [-0.15, -0.1) is 0 Å². The second kappa shape index (κ2) is 21.1. The molecule has 0 unspecified atom stereocenters. The Hall–Kier alpha value is -4.43. The average Bonchev–Trinajstić information content (AvgIpc) is 3.21. The fourth-order valence-corrected chi connectivity index (χ4v) is 10.5. The Morgan fingerprint density at radius 1 is 0.738 bits per heavy atom. The molecule has 3 aliphatic heterocycles. The number of nitrogen functional groups attached to an aromatic ring is 2. The van der Waals surface area contributed by atoms with Crippen molar-refractivity contribution in [3.05, 3.63) is 70.5 Å². The molecule has 5 N–H and O–H groups in total. The van der Waals surface area contributed by atoms with Gasteiger partial charge >= 0.3 is 0 Å². The van der Waals surface area contributed by atoms with E-state index >= 15 is 0 Å². The zero-order valence-corrected chi connectivity index (χ0v) is 37.1. The van der Waals surface area contributed by atoms with Gasteiger partial charge < -0.3 is 52.9 Å². The number of sulfone groups is 2. The molecule has 1 aromatic heterocycles. The van der Waals surface area contributed by atoms with Crippen LogP contribution >= 0.6 is 11.6 Å². The molecule has 3 saturated heterocycles. The summed E-state index contributed by atoms with van der Waals surface area (Å²) in [6, 6.07) is 15.2. The number of carbonyl (C=O) groups is 3. The van der Waals surface area contributed by atoms with Crippen LogP contribution in [-0.4, -0.2) is 153 Å². The predicted molar refractivity (Wildman–Crippen MR) is 227 cm³/mol. The van der Waals surface area contributed by atoms with E-state index < -0.39 is 25.6 Å². The van der Waals surface area contributed by atoms with Gasteiger partial charge in [0.25, 0.3) is 17.7 Å². The highest BCUT2D eigenvalue weighted by atomic mass is 35.5. The number of anilines is 2. The molecule has 3 aliphatic rings. The van der Waals surface area contributed by atoms with Gasteiger partial charge in [-0.3, -0.25) is 14.4 Å². The molecule has 0 aliphatic carbocycles. The number of aryl methyl sites for hydroxylation is 2. The second-order valence-electron chi connectivity index (χ2n) is 15.8. The van der Waals surface area contributed by atoms with Crippen LogP contribution in [0, 0.1) is 0 Å². The maximum atomic E-state index is 13.3. The Balaban J connectivity index is 0.00000704. The van der Waals surface area contributed by atoms with Crippen LogP contribution in [0.15, 0.2) is 48.5 Å². The Morgan fingerprint density at radius 2 is 1.20 bits per heavy atom. The van der Waals surface area contributed by atoms with Crippen LogP contribution in [0.2, 0.25) is 5.15 Å². The number of halogens is 2. The third-order valence-electron chi connectivity index (χ3n) is 11.4. The SMILES string of the molecule is Nc1nc(N)c(C(=O)N[C@H]2CCC[N+](CCCc3ccc(OCC(=O)N4CCS(=O)(=O)CC4)cc3)(CCCc3ccc(OCC(=O)N4CCS(=O)(=O)CC4)cc3)C2)nc1Cl.[Cl-]. The largest absolute Gasteiger partial charge is 1.00 e. The first-order valence-electron chi connectivity index (χ1n) is 20.2. The van der Waals surface area contributed by atoms with Crippen LogP contribution in [0.3, 0.4) is 0 Å². The summed E-state index contributed by atoms with van der Waals surface area (Å²) >= 11 is 6.07. The summed E-state index contributed by atoms with van der Waals surface area (Å²) in [5, 5.41) is 3.04. The molecule has 1 atom stereocenters. The fourth-order valence-electron chi connectivity index (χ4n) is 7.96. The van der Waals surface area contributed by atoms with Crippen molar-refractivity contribution in [2.75, 3.05) is 100 Å². The van der Waals surface area contributed by atoms with Crippen molar-refractivity contribution in [3.63, 3.8) is 0 Å². The van der Waals surface area contributed by atoms with Crippen LogP contribution in [-0.2, 0) is 42.1 Å². The number of piperidine rings is 1. The van der Waals surface area contributed by atoms with Gasteiger partial charge in [0.2, 0.25) is 0 Å². The number of rotatable bonds is 16. The normalized spacial score (nSPS) is 19.3. The minimum atomic E-state index is -3.08. The van der Waals surface area contributed by atoms with Crippen LogP contribution in [0.1, 0.15) is 47.3 Å². The number of quaternary nitrogens is 1. The lowest BCUT2D eigenvalue weighted by molar-refractivity contribution is -0.933. The topological polar surface area (TPSA) is 234 Å². The van der Waals surface area contributed by atoms with E-state index in [9.17, 15) is 31.2 Å². The first-order chi connectivity index (χ1) is 28.6. The van der Waals surface area contributed by atoms with Gasteiger partial charge in [-0.05, 0) is 61.1 Å². The summed E-state index contributed by atoms with van der Waals surface area (Å²) in [5.41, 5.74) is 13.9. The van der Waals surface area contributed by atoms with E-state index in [2.05, 4.69) is 15.3 Å². The first kappa shape index (κ1) is 47.6. The highest BCUT2D eigenvalue weighted by Crippen LogP contribution is 2.25. The van der Waals surface area contributed by atoms with Crippen molar-refractivity contribution in [3.8, 4) is 11.5 Å². The molecule has 3 amide bonds. The summed E-state index contributed by atoms with van der Waals surface area (Å²) in [6.07, 6.45) is 5.11. The Kier molecular flexibility index (Phi) is 16.5. The van der Waals surface area contributed by atoms with Gasteiger partial charge in [-0.25, -0.2) is 26.8 Å². The Morgan fingerprint density at radius 3 is 1.66 bits per heavy atom. The number of amides is 3. The molecule has 3 aromatic rings. The molecule has 2 aromatic carbocycles. The van der Waals surface area contributed by atoms with Crippen molar-refractivity contribution in [1.29, 1.82) is 0 Å². The van der Waals surface area contributed by atoms with Crippen molar-refractivity contribution in [2.24, 2.45) is 0 Å². The summed E-state index contributed by atoms with van der Waals surface area (Å²) in [6.45, 7) is 3.85. The molecule has 61 heavy (non-hydrogen) atoms. The van der Waals surface area contributed by atoms with E-state index in [1.54, 1.807) is 0 Å². The number of carbonyl (C=O) groups excluding carboxylic acids is 3. The number of benzene rings is 2. The molecule has 334 valence electrons. The Labute approximate surface area is 368 Å². The Bertz CT molecular complexity index is 2100. The van der Waals surface area contributed by atoms with Crippen molar-refractivity contribution < 1.29 is 57.6 Å². The summed E-state index contributed by atoms with van der Waals surface area (Å²) in [5.74, 6) is -0.0380. The third-order valence-corrected chi connectivity index (χ3v) is 14.9. The molecule has 0 bridgehead atoms. The molecule has 4 heterocycles. The standard InChI is InChI=1S/C40H53ClN8O9S2.ClH/c41-37-39(43)46-38(42)36(45-37)40(52)44-31-6-3-21-49(26-31,19-1-4-29-7-11-32(12-8-29)57-27-34(50)47-15-22-59(53,54)23-16-47)20-2-5-30-9-13-33(14-10-30)58-28-35(51)48-17-24-60(55,56)25-18-48;/h7-14,31H,1-6,15-28H2,(H4-,42,43,44,46,52);1H/t31-;/m0./s1. The molecular formula is C40H54Cl2N8O9S2. The lowest BCUT2D eigenvalue weighted by Gasteiger charge is -2.45. The maximum Gasteiger partial charge on any atom is 0.274 e. The monoisotopic (exact) mass is 924 g/mol. The molecule has 6 rings (SSSR count). The molecule has 17 nitrogen and oxygen atoms in total. The van der Waals surface area contributed by atoms with E-state index in [1.165, 1.54) is 9.80 Å². The van der Waals surface area contributed by atoms with Crippen molar-refractivity contribution >= 4 is 60.6 Å². The zero-order valence-electron chi connectivity index (χ0n) is 34.0. The van der Waals surface area contributed by atoms with Crippen molar-refractivity contribution in [2.45, 2.75) is 44.6 Å². The second-order valence-corrected chi connectivity index (χ2v) is 20.7. The van der Waals surface area contributed by atoms with Crippen LogP contribution < -0.4 is 38.7 Å². The summed E-state index contributed by atoms with van der Waals surface area (Å²) in [7, 11) is -6.16. The molecule has 0 radical (unpaired) electrons. The molecule has 0 saturated carbocycles. The van der Waals surface area contributed by atoms with Gasteiger partial charge in [0.15, 0.2) is 55.4 Å². The maximum absolute atomic E-state index is 13.3. The van der Waals surface area contributed by atoms with Gasteiger partial charge in [0.1, 0.15) is 11.5 Å². The van der Waals surface area contributed by atoms with Gasteiger partial charge in [-0.2, -0.15) is 0 Å². The lowest BCUT2D eigenvalue weighted by atomic mass is 9.99. The quantitative estimate of drug-likeness (QED) is 0.140. The number of hydrogen-bond acceptors (Lipinski definition) is 13. The fraction of sp³-hybridized carbons (Fsp3) is 0.525. The van der Waals surface area contributed by atoms with Gasteiger partial charge in [-0.1, -0.05) is 35.9 Å². The zero-order chi connectivity index (χ0) is 42.9. The number of hydrogen-bond donors (Lipinski definition) is 3. The smallest absolute Gasteiger partial charge is 0.274 e. The number of nitrogens with one attached hydrogen (secondary N) is 1. The molecular weight excluding hydrogens is 872 g/mol. The average molecular weight is 926 g/mol. The van der Waals surface area contributed by atoms with Gasteiger partial charge in [0, 0.05) is 39.0 Å². The number of nitrogens with two attached hydrogens (primary N) is 2. The van der Waals surface area contributed by atoms with E-state index in [0.29, 0.717) is 11.5 Å². The minimum Gasteiger partial charge on any atom is -1.00 e.